The van der Waals surface area contributed by atoms with Crippen molar-refractivity contribution in [2.45, 2.75) is 44.5 Å². The maximum absolute atomic E-state index is 13.5. The van der Waals surface area contributed by atoms with Crippen molar-refractivity contribution in [1.82, 2.24) is 0 Å². The largest absolute Gasteiger partial charge is 0.494 e. The van der Waals surface area contributed by atoms with E-state index >= 15 is 0 Å². The minimum Gasteiger partial charge on any atom is -0.494 e. The molecule has 0 aliphatic heterocycles. The zero-order valence-corrected chi connectivity index (χ0v) is 20.3. The highest BCUT2D eigenvalue weighted by Crippen LogP contribution is 2.45. The van der Waals surface area contributed by atoms with Crippen LogP contribution in [-0.2, 0) is 24.7 Å². The Balaban J connectivity index is 2.34. The summed E-state index contributed by atoms with van der Waals surface area (Å²) in [6, 6.07) is 5.03. The SMILES string of the molecule is CCCCOc1ccc(N(c2cc(C(F)(F)F)cc(C(F)(F)F)c2)c2cc(C(F)(F)F)cc(C(F)(F)F)c2)cc1. The van der Waals surface area contributed by atoms with Crippen molar-refractivity contribution in [1.29, 1.82) is 0 Å². The molecule has 0 heterocycles. The van der Waals surface area contributed by atoms with Gasteiger partial charge in [0.1, 0.15) is 5.75 Å². The first-order valence-electron chi connectivity index (χ1n) is 11.4. The van der Waals surface area contributed by atoms with Gasteiger partial charge in [-0.15, -0.1) is 0 Å². The van der Waals surface area contributed by atoms with E-state index in [0.717, 1.165) is 18.6 Å². The van der Waals surface area contributed by atoms with Gasteiger partial charge in [0, 0.05) is 17.1 Å². The molecule has 3 aromatic carbocycles. The highest BCUT2D eigenvalue weighted by molar-refractivity contribution is 5.78. The van der Waals surface area contributed by atoms with Crippen molar-refractivity contribution < 1.29 is 57.4 Å². The summed E-state index contributed by atoms with van der Waals surface area (Å²) in [5.74, 6) is 0.206. The summed E-state index contributed by atoms with van der Waals surface area (Å²) in [4.78, 5) is 0.449. The number of alkyl halides is 12. The number of anilines is 3. The minimum absolute atomic E-state index is 0.203. The van der Waals surface area contributed by atoms with Gasteiger partial charge in [0.2, 0.25) is 0 Å². The molecule has 0 amide bonds. The monoisotopic (exact) mass is 589 g/mol. The molecule has 0 spiro atoms. The van der Waals surface area contributed by atoms with Gasteiger partial charge in [-0.3, -0.25) is 0 Å². The maximum Gasteiger partial charge on any atom is 0.416 e. The molecule has 0 aromatic heterocycles. The zero-order valence-electron chi connectivity index (χ0n) is 20.3. The van der Waals surface area contributed by atoms with Gasteiger partial charge < -0.3 is 9.64 Å². The number of rotatable bonds is 7. The Morgan fingerprint density at radius 1 is 0.525 bits per heavy atom. The first kappa shape index (κ1) is 31.0. The zero-order chi connectivity index (χ0) is 30.1. The van der Waals surface area contributed by atoms with E-state index in [-0.39, 0.29) is 54.4 Å². The third-order valence-corrected chi connectivity index (χ3v) is 5.52. The fourth-order valence-electron chi connectivity index (χ4n) is 3.61. The van der Waals surface area contributed by atoms with Crippen molar-refractivity contribution in [2.24, 2.45) is 0 Å². The van der Waals surface area contributed by atoms with E-state index in [1.807, 2.05) is 6.92 Å². The molecule has 2 nitrogen and oxygen atoms in total. The molecule has 0 radical (unpaired) electrons. The summed E-state index contributed by atoms with van der Waals surface area (Å²) < 4.78 is 168. The number of hydrogen-bond donors (Lipinski definition) is 0. The van der Waals surface area contributed by atoms with Crippen LogP contribution >= 0.6 is 0 Å². The molecule has 3 rings (SSSR count). The topological polar surface area (TPSA) is 12.5 Å². The summed E-state index contributed by atoms with van der Waals surface area (Å²) in [6.45, 7) is 2.13. The van der Waals surface area contributed by atoms with E-state index in [4.69, 9.17) is 4.74 Å². The normalized spacial score (nSPS) is 12.9. The Bertz CT molecular complexity index is 1170. The number of halogens is 12. The van der Waals surface area contributed by atoms with Crippen molar-refractivity contribution >= 4 is 17.1 Å². The number of hydrogen-bond acceptors (Lipinski definition) is 2. The summed E-state index contributed by atoms with van der Waals surface area (Å²) in [7, 11) is 0. The Kier molecular flexibility index (Phi) is 8.61. The van der Waals surface area contributed by atoms with E-state index < -0.39 is 58.3 Å². The standard InChI is InChI=1S/C26H19F12NO/c1-2-3-8-40-22-6-4-19(5-7-22)39(20-11-15(23(27,28)29)9-16(12-20)24(30,31)32)21-13-17(25(33,34)35)10-18(14-21)26(36,37)38/h4-7,9-14H,2-3,8H2,1H3. The van der Waals surface area contributed by atoms with Crippen molar-refractivity contribution in [3.8, 4) is 5.75 Å². The maximum atomic E-state index is 13.5. The van der Waals surface area contributed by atoms with E-state index in [1.54, 1.807) is 0 Å². The van der Waals surface area contributed by atoms with Crippen LogP contribution in [0.5, 0.6) is 5.75 Å². The second kappa shape index (κ2) is 11.1. The van der Waals surface area contributed by atoms with Crippen LogP contribution in [0.25, 0.3) is 0 Å². The molecule has 0 unspecified atom stereocenters. The lowest BCUT2D eigenvalue weighted by Gasteiger charge is -2.28. The number of nitrogens with zero attached hydrogens (tertiary/aromatic N) is 1. The minimum atomic E-state index is -5.33. The van der Waals surface area contributed by atoms with Gasteiger partial charge in [-0.25, -0.2) is 0 Å². The predicted molar refractivity (Wildman–Crippen MR) is 122 cm³/mol. The van der Waals surface area contributed by atoms with E-state index in [9.17, 15) is 52.7 Å². The van der Waals surface area contributed by atoms with Crippen LogP contribution in [0.1, 0.15) is 42.0 Å². The molecule has 0 saturated carbocycles. The van der Waals surface area contributed by atoms with Gasteiger partial charge in [-0.05, 0) is 67.1 Å². The van der Waals surface area contributed by atoms with Crippen molar-refractivity contribution in [2.75, 3.05) is 11.5 Å². The van der Waals surface area contributed by atoms with Gasteiger partial charge >= 0.3 is 24.7 Å². The summed E-state index contributed by atoms with van der Waals surface area (Å²) in [5, 5.41) is 0. The molecule has 0 saturated heterocycles. The van der Waals surface area contributed by atoms with Crippen LogP contribution in [0.15, 0.2) is 60.7 Å². The number of ether oxygens (including phenoxy) is 1. The Morgan fingerprint density at radius 2 is 0.875 bits per heavy atom. The molecule has 0 bridgehead atoms. The van der Waals surface area contributed by atoms with Gasteiger partial charge in [0.05, 0.1) is 28.9 Å². The van der Waals surface area contributed by atoms with Crippen LogP contribution in [0.4, 0.5) is 69.7 Å². The molecule has 218 valence electrons. The van der Waals surface area contributed by atoms with E-state index in [1.165, 1.54) is 12.1 Å². The highest BCUT2D eigenvalue weighted by atomic mass is 19.4. The first-order valence-corrected chi connectivity index (χ1v) is 11.4. The lowest BCUT2D eigenvalue weighted by Crippen LogP contribution is -2.18. The first-order chi connectivity index (χ1) is 18.3. The van der Waals surface area contributed by atoms with Crippen LogP contribution in [0.3, 0.4) is 0 Å². The molecule has 0 atom stereocenters. The van der Waals surface area contributed by atoms with Crippen molar-refractivity contribution in [3.63, 3.8) is 0 Å². The lowest BCUT2D eigenvalue weighted by molar-refractivity contribution is -0.144. The number of unbranched alkanes of at least 4 members (excludes halogenated alkanes) is 1. The van der Waals surface area contributed by atoms with Gasteiger partial charge in [0.15, 0.2) is 0 Å². The summed E-state index contributed by atoms with van der Waals surface area (Å²) in [5.41, 5.74) is -9.55. The van der Waals surface area contributed by atoms with Crippen LogP contribution < -0.4 is 9.64 Å². The third-order valence-electron chi connectivity index (χ3n) is 5.52. The van der Waals surface area contributed by atoms with Gasteiger partial charge in [0.25, 0.3) is 0 Å². The molecule has 0 aliphatic rings. The third kappa shape index (κ3) is 7.54. The highest BCUT2D eigenvalue weighted by Gasteiger charge is 2.40. The molecule has 0 N–H and O–H groups in total. The summed E-state index contributed by atoms with van der Waals surface area (Å²) in [6.07, 6.45) is -19.9. The van der Waals surface area contributed by atoms with Crippen LogP contribution in [0, 0.1) is 0 Å². The molecule has 0 aliphatic carbocycles. The second-order valence-corrected chi connectivity index (χ2v) is 8.56. The van der Waals surface area contributed by atoms with E-state index in [2.05, 4.69) is 0 Å². The van der Waals surface area contributed by atoms with E-state index in [0.29, 0.717) is 11.3 Å². The summed E-state index contributed by atoms with van der Waals surface area (Å²) >= 11 is 0. The molecule has 0 fully saturated rings. The van der Waals surface area contributed by atoms with Crippen molar-refractivity contribution in [3.05, 3.63) is 82.9 Å². The lowest BCUT2D eigenvalue weighted by atomic mass is 10.0. The fraction of sp³-hybridized carbons (Fsp3) is 0.308. The predicted octanol–water partition coefficient (Wildman–Crippen LogP) is 10.4. The van der Waals surface area contributed by atoms with Gasteiger partial charge in [-0.2, -0.15) is 52.7 Å². The number of benzene rings is 3. The van der Waals surface area contributed by atoms with Crippen LogP contribution in [0.2, 0.25) is 0 Å². The average Bonchev–Trinajstić information content (AvgIpc) is 2.83. The molecular formula is C26H19F12NO. The molecule has 40 heavy (non-hydrogen) atoms. The Labute approximate surface area is 219 Å². The smallest absolute Gasteiger partial charge is 0.416 e. The van der Waals surface area contributed by atoms with Gasteiger partial charge in [-0.1, -0.05) is 13.3 Å². The molecular weight excluding hydrogens is 570 g/mol. The fourth-order valence-corrected chi connectivity index (χ4v) is 3.61. The molecule has 3 aromatic rings. The Morgan fingerprint density at radius 3 is 1.18 bits per heavy atom. The molecule has 14 heteroatoms. The second-order valence-electron chi connectivity index (χ2n) is 8.56. The Hall–Kier alpha value is -3.58. The van der Waals surface area contributed by atoms with Crippen LogP contribution in [-0.4, -0.2) is 6.61 Å². The average molecular weight is 589 g/mol. The quantitative estimate of drug-likeness (QED) is 0.201.